The van der Waals surface area contributed by atoms with Crippen LogP contribution in [0.5, 0.6) is 0 Å². The number of nitrogens with one attached hydrogen (secondary N) is 2. The van der Waals surface area contributed by atoms with Gasteiger partial charge in [-0.3, -0.25) is 14.8 Å². The van der Waals surface area contributed by atoms with E-state index in [9.17, 15) is 13.2 Å². The summed E-state index contributed by atoms with van der Waals surface area (Å²) in [6.07, 6.45) is 5.11. The van der Waals surface area contributed by atoms with Gasteiger partial charge < -0.3 is 10.1 Å². The summed E-state index contributed by atoms with van der Waals surface area (Å²) < 4.78 is 32.1. The largest absolute Gasteiger partial charge is 0.383 e. The third-order valence-electron chi connectivity index (χ3n) is 3.29. The molecule has 9 heteroatoms. The summed E-state index contributed by atoms with van der Waals surface area (Å²) in [4.78, 5) is 20.0. The summed E-state index contributed by atoms with van der Waals surface area (Å²) in [5.74, 6) is -0.353. The lowest BCUT2D eigenvalue weighted by Gasteiger charge is -2.09. The summed E-state index contributed by atoms with van der Waals surface area (Å²) >= 11 is 0. The van der Waals surface area contributed by atoms with E-state index in [1.54, 1.807) is 24.7 Å². The van der Waals surface area contributed by atoms with Gasteiger partial charge in [-0.1, -0.05) is 6.07 Å². The molecule has 8 nitrogen and oxygen atoms in total. The zero-order valence-corrected chi connectivity index (χ0v) is 14.6. The van der Waals surface area contributed by atoms with Gasteiger partial charge in [0.25, 0.3) is 5.91 Å². The third kappa shape index (κ3) is 5.89. The Labute approximate surface area is 146 Å². The quantitative estimate of drug-likeness (QED) is 0.622. The second kappa shape index (κ2) is 9.21. The van der Waals surface area contributed by atoms with Gasteiger partial charge >= 0.3 is 0 Å². The molecule has 1 aromatic carbocycles. The highest BCUT2D eigenvalue weighted by atomic mass is 32.2. The van der Waals surface area contributed by atoms with Gasteiger partial charge in [0.15, 0.2) is 0 Å². The number of methoxy groups -OCH3 is 1. The number of carbonyl (C=O) groups excluding carboxylic acids is 1. The molecule has 0 aliphatic carbocycles. The highest BCUT2D eigenvalue weighted by Gasteiger charge is 2.16. The number of carbonyl (C=O) groups is 1. The van der Waals surface area contributed by atoms with E-state index in [1.165, 1.54) is 25.3 Å². The molecule has 1 heterocycles. The Morgan fingerprint density at radius 2 is 2.08 bits per heavy atom. The molecule has 0 spiro atoms. The molecular formula is C16H20N4O4S. The second-order valence-electron chi connectivity index (χ2n) is 5.12. The Morgan fingerprint density at radius 3 is 2.80 bits per heavy atom. The van der Waals surface area contributed by atoms with Gasteiger partial charge in [0, 0.05) is 50.8 Å². The Bertz CT molecular complexity index is 797. The normalized spacial score (nSPS) is 11.2. The first-order chi connectivity index (χ1) is 12.0. The van der Waals surface area contributed by atoms with Gasteiger partial charge in [0.2, 0.25) is 10.0 Å². The molecule has 0 bridgehead atoms. The fourth-order valence-corrected chi connectivity index (χ4v) is 3.11. The van der Waals surface area contributed by atoms with Crippen LogP contribution in [0.25, 0.3) is 0 Å². The lowest BCUT2D eigenvalue weighted by molar-refractivity contribution is 0.0937. The zero-order valence-electron chi connectivity index (χ0n) is 13.8. The first-order valence-electron chi connectivity index (χ1n) is 7.64. The number of amides is 1. The average Bonchev–Trinajstić information content (AvgIpc) is 2.63. The summed E-state index contributed by atoms with van der Waals surface area (Å²) in [5.41, 5.74) is 0.962. The number of hydrogen-bond donors (Lipinski definition) is 2. The van der Waals surface area contributed by atoms with E-state index in [-0.39, 0.29) is 22.9 Å². The Hall–Kier alpha value is -2.36. The van der Waals surface area contributed by atoms with Gasteiger partial charge in [-0.2, -0.15) is 0 Å². The Kier molecular flexibility index (Phi) is 6.99. The molecule has 2 N–H and O–H groups in total. The number of benzene rings is 1. The monoisotopic (exact) mass is 364 g/mol. The second-order valence-corrected chi connectivity index (χ2v) is 6.89. The molecule has 1 amide bonds. The van der Waals surface area contributed by atoms with E-state index in [4.69, 9.17) is 4.74 Å². The van der Waals surface area contributed by atoms with Crippen molar-refractivity contribution in [3.8, 4) is 0 Å². The van der Waals surface area contributed by atoms with Crippen molar-refractivity contribution in [2.75, 3.05) is 26.8 Å². The number of hydrogen-bond acceptors (Lipinski definition) is 6. The SMILES string of the molecule is COCCNC(=O)c1cccc(S(=O)(=O)NCCc2cnccn2)c1. The molecule has 0 fully saturated rings. The van der Waals surface area contributed by atoms with E-state index >= 15 is 0 Å². The molecule has 0 saturated heterocycles. The molecule has 2 rings (SSSR count). The number of rotatable bonds is 9. The van der Waals surface area contributed by atoms with Crippen molar-refractivity contribution >= 4 is 15.9 Å². The fraction of sp³-hybridized carbons (Fsp3) is 0.312. The van der Waals surface area contributed by atoms with Crippen molar-refractivity contribution in [2.24, 2.45) is 0 Å². The topological polar surface area (TPSA) is 110 Å². The van der Waals surface area contributed by atoms with Crippen molar-refractivity contribution in [3.63, 3.8) is 0 Å². The maximum atomic E-state index is 12.4. The van der Waals surface area contributed by atoms with Crippen LogP contribution in [0, 0.1) is 0 Å². The van der Waals surface area contributed by atoms with Crippen LogP contribution in [0.4, 0.5) is 0 Å². The lowest BCUT2D eigenvalue weighted by Crippen LogP contribution is -2.28. The van der Waals surface area contributed by atoms with Crippen LogP contribution in [0.3, 0.4) is 0 Å². The van der Waals surface area contributed by atoms with E-state index < -0.39 is 10.0 Å². The molecule has 2 aromatic rings. The highest BCUT2D eigenvalue weighted by Crippen LogP contribution is 2.11. The molecule has 0 aliphatic heterocycles. The molecule has 134 valence electrons. The van der Waals surface area contributed by atoms with Crippen molar-refractivity contribution in [1.29, 1.82) is 0 Å². The molecule has 0 saturated carbocycles. The summed E-state index contributed by atoms with van der Waals surface area (Å²) in [6, 6.07) is 5.87. The van der Waals surface area contributed by atoms with Crippen LogP contribution in [0.1, 0.15) is 16.1 Å². The molecule has 1 aromatic heterocycles. The predicted octanol–water partition coefficient (Wildman–Crippen LogP) is 0.374. The van der Waals surface area contributed by atoms with Crippen LogP contribution in [-0.2, 0) is 21.2 Å². The van der Waals surface area contributed by atoms with Crippen molar-refractivity contribution in [1.82, 2.24) is 20.0 Å². The van der Waals surface area contributed by atoms with Crippen LogP contribution < -0.4 is 10.0 Å². The zero-order chi connectivity index (χ0) is 18.1. The molecule has 0 radical (unpaired) electrons. The smallest absolute Gasteiger partial charge is 0.251 e. The Morgan fingerprint density at radius 1 is 1.24 bits per heavy atom. The first-order valence-corrected chi connectivity index (χ1v) is 9.13. The molecule has 0 unspecified atom stereocenters. The predicted molar refractivity (Wildman–Crippen MR) is 91.6 cm³/mol. The highest BCUT2D eigenvalue weighted by molar-refractivity contribution is 7.89. The van der Waals surface area contributed by atoms with Gasteiger partial charge in [0.05, 0.1) is 17.2 Å². The van der Waals surface area contributed by atoms with E-state index in [0.29, 0.717) is 25.3 Å². The van der Waals surface area contributed by atoms with Gasteiger partial charge in [-0.25, -0.2) is 13.1 Å². The summed E-state index contributed by atoms with van der Waals surface area (Å²) in [7, 11) is -2.18. The van der Waals surface area contributed by atoms with Gasteiger partial charge in [0.1, 0.15) is 0 Å². The van der Waals surface area contributed by atoms with Crippen LogP contribution in [0.2, 0.25) is 0 Å². The summed E-state index contributed by atoms with van der Waals surface area (Å²) in [6.45, 7) is 0.918. The maximum Gasteiger partial charge on any atom is 0.251 e. The molecular weight excluding hydrogens is 344 g/mol. The van der Waals surface area contributed by atoms with Crippen molar-refractivity contribution in [3.05, 3.63) is 54.1 Å². The number of sulfonamides is 1. The minimum atomic E-state index is -3.71. The van der Waals surface area contributed by atoms with Gasteiger partial charge in [-0.05, 0) is 18.2 Å². The molecule has 0 aliphatic rings. The minimum absolute atomic E-state index is 0.0334. The Balaban J connectivity index is 1.99. The molecule has 25 heavy (non-hydrogen) atoms. The third-order valence-corrected chi connectivity index (χ3v) is 4.75. The standard InChI is InChI=1S/C16H20N4O4S/c1-24-10-9-19-16(21)13-3-2-4-15(11-13)25(22,23)20-6-5-14-12-17-7-8-18-14/h2-4,7-8,11-12,20H,5-6,9-10H2,1H3,(H,19,21). The fourth-order valence-electron chi connectivity index (χ4n) is 2.03. The maximum absolute atomic E-state index is 12.4. The minimum Gasteiger partial charge on any atom is -0.383 e. The van der Waals surface area contributed by atoms with Crippen molar-refractivity contribution < 1.29 is 17.9 Å². The average molecular weight is 364 g/mol. The van der Waals surface area contributed by atoms with Crippen LogP contribution in [-0.4, -0.2) is 51.1 Å². The van der Waals surface area contributed by atoms with E-state index in [2.05, 4.69) is 20.0 Å². The first kappa shape index (κ1) is 19.0. The number of ether oxygens (including phenoxy) is 1. The number of aromatic nitrogens is 2. The van der Waals surface area contributed by atoms with E-state index in [1.807, 2.05) is 0 Å². The van der Waals surface area contributed by atoms with Gasteiger partial charge in [-0.15, -0.1) is 0 Å². The summed E-state index contributed by atoms with van der Waals surface area (Å²) in [5, 5.41) is 2.65. The van der Waals surface area contributed by atoms with E-state index in [0.717, 1.165) is 0 Å². The van der Waals surface area contributed by atoms with Crippen molar-refractivity contribution in [2.45, 2.75) is 11.3 Å². The number of nitrogens with zero attached hydrogens (tertiary/aromatic N) is 2. The van der Waals surface area contributed by atoms with Crippen LogP contribution in [0.15, 0.2) is 47.8 Å². The molecule has 0 atom stereocenters. The van der Waals surface area contributed by atoms with Crippen LogP contribution >= 0.6 is 0 Å². The lowest BCUT2D eigenvalue weighted by atomic mass is 10.2.